The molecule has 0 amide bonds. The molecule has 0 bridgehead atoms. The fourth-order valence-electron chi connectivity index (χ4n) is 2.70. The van der Waals surface area contributed by atoms with Crippen LogP contribution in [0.5, 0.6) is 5.75 Å². The highest BCUT2D eigenvalue weighted by molar-refractivity contribution is 7.98. The van der Waals surface area contributed by atoms with Crippen molar-refractivity contribution in [2.75, 3.05) is 12.8 Å². The van der Waals surface area contributed by atoms with Crippen LogP contribution in [0.1, 0.15) is 17.2 Å². The van der Waals surface area contributed by atoms with E-state index in [2.05, 4.69) is 4.72 Å². The van der Waals surface area contributed by atoms with Crippen molar-refractivity contribution in [3.05, 3.63) is 90.0 Å². The van der Waals surface area contributed by atoms with Gasteiger partial charge in [-0.3, -0.25) is 0 Å². The van der Waals surface area contributed by atoms with Crippen molar-refractivity contribution < 1.29 is 13.2 Å². The highest BCUT2D eigenvalue weighted by Crippen LogP contribution is 2.25. The molecule has 28 heavy (non-hydrogen) atoms. The maximum atomic E-state index is 12.6. The van der Waals surface area contributed by atoms with Crippen LogP contribution in [0, 0.1) is 6.92 Å². The fourth-order valence-corrected chi connectivity index (χ4v) is 4.14. The Hall–Kier alpha value is -2.28. The number of hydrogen-bond donors (Lipinski definition) is 1. The SMILES string of the molecule is CSc1ccc(OC(CNS(=O)(=O)c2ccc(C)cc2)c2ccccc2)cc1. The Morgan fingerprint density at radius 2 is 1.57 bits per heavy atom. The van der Waals surface area contributed by atoms with E-state index < -0.39 is 16.1 Å². The van der Waals surface area contributed by atoms with Gasteiger partial charge in [0.1, 0.15) is 11.9 Å². The number of rotatable bonds is 8. The predicted octanol–water partition coefficient (Wildman–Crippen LogP) is 4.82. The van der Waals surface area contributed by atoms with Crippen molar-refractivity contribution in [2.24, 2.45) is 0 Å². The quantitative estimate of drug-likeness (QED) is 0.538. The van der Waals surface area contributed by atoms with Gasteiger partial charge in [-0.1, -0.05) is 48.0 Å². The van der Waals surface area contributed by atoms with Crippen LogP contribution in [0.25, 0.3) is 0 Å². The van der Waals surface area contributed by atoms with Crippen molar-refractivity contribution >= 4 is 21.8 Å². The largest absolute Gasteiger partial charge is 0.484 e. The molecule has 0 saturated heterocycles. The van der Waals surface area contributed by atoms with Gasteiger partial charge in [0.25, 0.3) is 0 Å². The smallest absolute Gasteiger partial charge is 0.240 e. The first-order valence-electron chi connectivity index (χ1n) is 8.90. The summed E-state index contributed by atoms with van der Waals surface area (Å²) in [5.41, 5.74) is 1.92. The maximum absolute atomic E-state index is 12.6. The van der Waals surface area contributed by atoms with Crippen LogP contribution in [0.15, 0.2) is 88.7 Å². The minimum atomic E-state index is -3.62. The molecule has 1 unspecified atom stereocenters. The number of sulfonamides is 1. The molecule has 0 fully saturated rings. The van der Waals surface area contributed by atoms with E-state index >= 15 is 0 Å². The molecular weight excluding hydrogens is 390 g/mol. The molecule has 1 atom stereocenters. The molecule has 0 aliphatic carbocycles. The standard InChI is InChI=1S/C22H23NO3S2/c1-17-8-14-21(15-9-17)28(24,25)23-16-22(18-6-4-3-5-7-18)26-19-10-12-20(27-2)13-11-19/h3-15,22-23H,16H2,1-2H3. The number of benzene rings is 3. The number of aryl methyl sites for hydroxylation is 1. The normalized spacial score (nSPS) is 12.5. The van der Waals surface area contributed by atoms with Gasteiger partial charge in [0, 0.05) is 4.90 Å². The van der Waals surface area contributed by atoms with Crippen LogP contribution in [-0.2, 0) is 10.0 Å². The van der Waals surface area contributed by atoms with Crippen LogP contribution >= 0.6 is 11.8 Å². The van der Waals surface area contributed by atoms with Gasteiger partial charge in [-0.2, -0.15) is 0 Å². The highest BCUT2D eigenvalue weighted by Gasteiger charge is 2.19. The number of ether oxygens (including phenoxy) is 1. The minimum Gasteiger partial charge on any atom is -0.484 e. The molecule has 3 aromatic rings. The lowest BCUT2D eigenvalue weighted by atomic mass is 10.1. The fraction of sp³-hybridized carbons (Fsp3) is 0.182. The van der Waals surface area contributed by atoms with Gasteiger partial charge in [-0.15, -0.1) is 11.8 Å². The predicted molar refractivity (Wildman–Crippen MR) is 114 cm³/mol. The second-order valence-corrected chi connectivity index (χ2v) is 9.00. The van der Waals surface area contributed by atoms with E-state index in [9.17, 15) is 8.42 Å². The summed E-state index contributed by atoms with van der Waals surface area (Å²) in [6, 6.07) is 24.2. The average molecular weight is 414 g/mol. The molecule has 0 radical (unpaired) electrons. The third-order valence-electron chi connectivity index (χ3n) is 4.30. The van der Waals surface area contributed by atoms with Gasteiger partial charge in [0.15, 0.2) is 0 Å². The van der Waals surface area contributed by atoms with E-state index in [0.717, 1.165) is 16.0 Å². The van der Waals surface area contributed by atoms with Gasteiger partial charge in [-0.05, 0) is 55.1 Å². The first kappa shape index (κ1) is 20.5. The molecular formula is C22H23NO3S2. The summed E-state index contributed by atoms with van der Waals surface area (Å²) in [7, 11) is -3.62. The molecule has 0 aliphatic heterocycles. The zero-order valence-electron chi connectivity index (χ0n) is 15.8. The van der Waals surface area contributed by atoms with Crippen LogP contribution in [0.3, 0.4) is 0 Å². The summed E-state index contributed by atoms with van der Waals surface area (Å²) >= 11 is 1.66. The van der Waals surface area contributed by atoms with Crippen LogP contribution < -0.4 is 9.46 Å². The van der Waals surface area contributed by atoms with Gasteiger partial charge >= 0.3 is 0 Å². The molecule has 0 heterocycles. The molecule has 0 saturated carbocycles. The van der Waals surface area contributed by atoms with Crippen LogP contribution in [-0.4, -0.2) is 21.2 Å². The lowest BCUT2D eigenvalue weighted by molar-refractivity contribution is 0.209. The van der Waals surface area contributed by atoms with E-state index in [1.807, 2.05) is 67.8 Å². The van der Waals surface area contributed by atoms with E-state index in [1.165, 1.54) is 0 Å². The monoisotopic (exact) mass is 413 g/mol. The van der Waals surface area contributed by atoms with Gasteiger partial charge in [-0.25, -0.2) is 13.1 Å². The second kappa shape index (κ2) is 9.28. The van der Waals surface area contributed by atoms with Crippen molar-refractivity contribution in [1.29, 1.82) is 0 Å². The summed E-state index contributed by atoms with van der Waals surface area (Å²) in [4.78, 5) is 1.39. The Bertz CT molecular complexity index is 986. The topological polar surface area (TPSA) is 55.4 Å². The molecule has 6 heteroatoms. The molecule has 3 rings (SSSR count). The number of nitrogens with one attached hydrogen (secondary N) is 1. The number of hydrogen-bond acceptors (Lipinski definition) is 4. The molecule has 0 aliphatic rings. The van der Waals surface area contributed by atoms with Gasteiger partial charge in [0.05, 0.1) is 11.4 Å². The lowest BCUT2D eigenvalue weighted by Crippen LogP contribution is -2.30. The Kier molecular flexibility index (Phi) is 6.78. The van der Waals surface area contributed by atoms with Crippen molar-refractivity contribution in [1.82, 2.24) is 4.72 Å². The average Bonchev–Trinajstić information content (AvgIpc) is 2.72. The van der Waals surface area contributed by atoms with Crippen molar-refractivity contribution in [3.63, 3.8) is 0 Å². The molecule has 1 N–H and O–H groups in total. The summed E-state index contributed by atoms with van der Waals surface area (Å²) < 4.78 is 34.1. The Labute approximate surface area is 171 Å². The van der Waals surface area contributed by atoms with Gasteiger partial charge < -0.3 is 4.74 Å². The molecule has 3 aromatic carbocycles. The summed E-state index contributed by atoms with van der Waals surface area (Å²) in [6.45, 7) is 2.05. The van der Waals surface area contributed by atoms with E-state index in [0.29, 0.717) is 5.75 Å². The maximum Gasteiger partial charge on any atom is 0.240 e. The summed E-state index contributed by atoms with van der Waals surface area (Å²) in [6.07, 6.45) is 1.57. The third-order valence-corrected chi connectivity index (χ3v) is 6.48. The second-order valence-electron chi connectivity index (χ2n) is 6.36. The molecule has 0 spiro atoms. The third kappa shape index (κ3) is 5.38. The Morgan fingerprint density at radius 3 is 2.18 bits per heavy atom. The van der Waals surface area contributed by atoms with Crippen LogP contribution in [0.4, 0.5) is 0 Å². The van der Waals surface area contributed by atoms with Gasteiger partial charge in [0.2, 0.25) is 10.0 Å². The minimum absolute atomic E-state index is 0.129. The first-order valence-corrected chi connectivity index (χ1v) is 11.6. The van der Waals surface area contributed by atoms with E-state index in [1.54, 1.807) is 36.0 Å². The summed E-state index contributed by atoms with van der Waals surface area (Å²) in [5.74, 6) is 0.696. The van der Waals surface area contributed by atoms with E-state index in [-0.39, 0.29) is 11.4 Å². The Morgan fingerprint density at radius 1 is 0.929 bits per heavy atom. The zero-order valence-corrected chi connectivity index (χ0v) is 17.5. The molecule has 0 aromatic heterocycles. The van der Waals surface area contributed by atoms with Crippen molar-refractivity contribution in [2.45, 2.75) is 22.8 Å². The molecule has 4 nitrogen and oxygen atoms in total. The van der Waals surface area contributed by atoms with Crippen molar-refractivity contribution in [3.8, 4) is 5.75 Å². The number of thioether (sulfide) groups is 1. The Balaban J connectivity index is 1.78. The lowest BCUT2D eigenvalue weighted by Gasteiger charge is -2.20. The first-order chi connectivity index (χ1) is 13.5. The van der Waals surface area contributed by atoms with E-state index in [4.69, 9.17) is 4.74 Å². The zero-order chi connectivity index (χ0) is 20.0. The van der Waals surface area contributed by atoms with Crippen LogP contribution in [0.2, 0.25) is 0 Å². The molecule has 146 valence electrons. The highest BCUT2D eigenvalue weighted by atomic mass is 32.2. The summed E-state index contributed by atoms with van der Waals surface area (Å²) in [5, 5.41) is 0.